The largest absolute Gasteiger partial charge is 0.507 e. The van der Waals surface area contributed by atoms with Gasteiger partial charge in [0.1, 0.15) is 5.75 Å². The molecule has 0 saturated heterocycles. The number of hydrogen-bond acceptors (Lipinski definition) is 3. The van der Waals surface area contributed by atoms with E-state index in [4.69, 9.17) is 4.98 Å². The molecule has 2 heterocycles. The van der Waals surface area contributed by atoms with Crippen LogP contribution in [0.4, 0.5) is 0 Å². The number of benzene rings is 5. The van der Waals surface area contributed by atoms with Gasteiger partial charge in [0.2, 0.25) is 0 Å². The molecule has 0 aliphatic heterocycles. The topological polar surface area (TPSA) is 50.9 Å². The van der Waals surface area contributed by atoms with Crippen molar-refractivity contribution >= 4 is 10.8 Å². The molecule has 0 saturated carbocycles. The van der Waals surface area contributed by atoms with E-state index in [-0.39, 0.29) is 26.8 Å². The van der Waals surface area contributed by atoms with Crippen molar-refractivity contribution in [1.29, 1.82) is 0 Å². The van der Waals surface area contributed by atoms with Gasteiger partial charge in [-0.25, -0.2) is 0 Å². The van der Waals surface area contributed by atoms with Crippen LogP contribution in [-0.2, 0) is 33.9 Å². The Morgan fingerprint density at radius 1 is 0.694 bits per heavy atom. The van der Waals surface area contributed by atoms with Crippen molar-refractivity contribution in [3.8, 4) is 34.1 Å². The second-order valence-corrected chi connectivity index (χ2v) is 13.2. The van der Waals surface area contributed by atoms with E-state index in [1.165, 1.54) is 33.2 Å². The Bertz CT molecular complexity index is 2190. The zero-order valence-corrected chi connectivity index (χ0v) is 30.6. The summed E-state index contributed by atoms with van der Waals surface area (Å²) in [5.74, 6) is 1.82. The van der Waals surface area contributed by atoms with Crippen LogP contribution in [0.25, 0.3) is 39.1 Å². The van der Waals surface area contributed by atoms with Gasteiger partial charge in [0.15, 0.2) is 0 Å². The number of hydrogen-bond donors (Lipinski definition) is 1. The monoisotopic (exact) mass is 821 g/mol. The number of fused-ring (bicyclic) bond motifs is 1. The Kier molecular flexibility index (Phi) is 10.3. The molecular weight excluding hydrogens is 782 g/mol. The average Bonchev–Trinajstić information content (AvgIpc) is 3.56. The smallest absolute Gasteiger partial charge is 0.128 e. The van der Waals surface area contributed by atoms with Crippen molar-refractivity contribution in [2.24, 2.45) is 0 Å². The summed E-state index contributed by atoms with van der Waals surface area (Å²) in [5, 5.41) is 14.2. The summed E-state index contributed by atoms with van der Waals surface area (Å²) < 4.78 is 2.15. The van der Waals surface area contributed by atoms with Crippen LogP contribution in [0.2, 0.25) is 0 Å². The second kappa shape index (κ2) is 14.8. The zero-order chi connectivity index (χ0) is 33.2. The molecule has 7 aromatic rings. The molecule has 0 amide bonds. The quantitative estimate of drug-likeness (QED) is 0.148. The van der Waals surface area contributed by atoms with Crippen LogP contribution in [0.3, 0.4) is 0 Å². The Hall–Kier alpha value is -4.79. The van der Waals surface area contributed by atoms with Crippen molar-refractivity contribution in [2.75, 3.05) is 0 Å². The van der Waals surface area contributed by atoms with Gasteiger partial charge in [-0.3, -0.25) is 9.97 Å². The molecule has 0 unspecified atom stereocenters. The van der Waals surface area contributed by atoms with Gasteiger partial charge in [-0.15, -0.1) is 35.9 Å². The van der Waals surface area contributed by atoms with Crippen LogP contribution in [0.1, 0.15) is 72.9 Å². The van der Waals surface area contributed by atoms with Crippen LogP contribution in [-0.4, -0.2) is 19.6 Å². The first kappa shape index (κ1) is 34.1. The molecule has 248 valence electrons. The number of phenols is 1. The first-order valence-corrected chi connectivity index (χ1v) is 16.8. The fourth-order valence-corrected chi connectivity index (χ4v) is 6.47. The van der Waals surface area contributed by atoms with Crippen LogP contribution in [0, 0.1) is 6.07 Å². The van der Waals surface area contributed by atoms with E-state index in [0.29, 0.717) is 23.8 Å². The molecular formula is C44H40N3OPt-. The Morgan fingerprint density at radius 3 is 2.04 bits per heavy atom. The number of aromatic hydroxyl groups is 1. The van der Waals surface area contributed by atoms with Crippen molar-refractivity contribution in [2.45, 2.75) is 52.4 Å². The van der Waals surface area contributed by atoms with Gasteiger partial charge in [-0.2, -0.15) is 0 Å². The van der Waals surface area contributed by atoms with Crippen LogP contribution >= 0.6 is 0 Å². The molecule has 0 fully saturated rings. The number of aromatic nitrogens is 3. The maximum absolute atomic E-state index is 11.8. The number of rotatable bonds is 9. The predicted molar refractivity (Wildman–Crippen MR) is 197 cm³/mol. The van der Waals surface area contributed by atoms with Crippen molar-refractivity contribution in [3.63, 3.8) is 0 Å². The summed E-state index contributed by atoms with van der Waals surface area (Å²) in [7, 11) is 0. The number of imidazole rings is 1. The molecule has 5 aromatic carbocycles. The third-order valence-corrected chi connectivity index (χ3v) is 9.26. The maximum atomic E-state index is 11.8. The zero-order valence-electron chi connectivity index (χ0n) is 28.3. The average molecular weight is 822 g/mol. The van der Waals surface area contributed by atoms with E-state index in [2.05, 4.69) is 110 Å². The molecule has 49 heavy (non-hydrogen) atoms. The molecule has 0 atom stereocenters. The fraction of sp³-hybridized carbons (Fsp3) is 0.182. The van der Waals surface area contributed by atoms with E-state index >= 15 is 0 Å². The standard InChI is InChI=1S/C44H40N3O.Pt/c1-29(2)36-23-37(30(3)4)25-39(24-36)47-28-42(46-44(47)31-13-6-5-7-14-31)41-20-12-18-34(43(41)48)21-32-15-8-9-16-33(32)22-38-27-45-26-35-17-10-11-19-40(35)38;/h5-13,15-20,23-30,48H,21-22H2,1-4H3;/q-1;. The third-order valence-electron chi connectivity index (χ3n) is 9.26. The summed E-state index contributed by atoms with van der Waals surface area (Å²) in [4.78, 5) is 9.66. The van der Waals surface area contributed by atoms with Crippen molar-refractivity contribution in [1.82, 2.24) is 14.5 Å². The second-order valence-electron chi connectivity index (χ2n) is 13.2. The number of para-hydroxylation sites is 1. The minimum atomic E-state index is 0. The minimum absolute atomic E-state index is 0. The van der Waals surface area contributed by atoms with E-state index in [1.807, 2.05) is 60.9 Å². The molecule has 0 aliphatic rings. The van der Waals surface area contributed by atoms with Gasteiger partial charge in [0, 0.05) is 62.7 Å². The summed E-state index contributed by atoms with van der Waals surface area (Å²) in [6.07, 6.45) is 7.31. The molecule has 1 N–H and O–H groups in total. The maximum Gasteiger partial charge on any atom is 0.128 e. The molecule has 0 bridgehead atoms. The molecule has 7 rings (SSSR count). The number of phenolic OH excluding ortho intramolecular Hbond substituents is 1. The van der Waals surface area contributed by atoms with E-state index in [9.17, 15) is 5.11 Å². The van der Waals surface area contributed by atoms with Gasteiger partial charge >= 0.3 is 0 Å². The SMILES string of the molecule is CC(C)c1cc(C(C)C)cc(-n2cc(-c3cccc(Cc4ccccc4Cc4cncc5ccccc45)c3O)nc2-c2[c-]cccc2)c1.[Pt]. The predicted octanol–water partition coefficient (Wildman–Crippen LogP) is 10.7. The molecule has 0 radical (unpaired) electrons. The molecule has 2 aromatic heterocycles. The normalized spacial score (nSPS) is 11.3. The Balaban J connectivity index is 0.00000417. The Morgan fingerprint density at radius 2 is 1.35 bits per heavy atom. The first-order chi connectivity index (χ1) is 23.4. The van der Waals surface area contributed by atoms with Crippen LogP contribution in [0.5, 0.6) is 5.75 Å². The fourth-order valence-electron chi connectivity index (χ4n) is 6.47. The molecule has 5 heteroatoms. The first-order valence-electron chi connectivity index (χ1n) is 16.8. The van der Waals surface area contributed by atoms with Gasteiger partial charge in [-0.05, 0) is 75.2 Å². The molecule has 4 nitrogen and oxygen atoms in total. The van der Waals surface area contributed by atoms with Gasteiger partial charge in [-0.1, -0.05) is 94.4 Å². The summed E-state index contributed by atoms with van der Waals surface area (Å²) >= 11 is 0. The summed E-state index contributed by atoms with van der Waals surface area (Å²) in [6, 6.07) is 41.0. The van der Waals surface area contributed by atoms with Gasteiger partial charge in [0.05, 0.1) is 11.5 Å². The number of nitrogens with zero attached hydrogens (tertiary/aromatic N) is 3. The van der Waals surface area contributed by atoms with Crippen LogP contribution in [0.15, 0.2) is 128 Å². The number of pyridine rings is 1. The summed E-state index contributed by atoms with van der Waals surface area (Å²) in [6.45, 7) is 8.92. The molecule has 0 spiro atoms. The van der Waals surface area contributed by atoms with E-state index < -0.39 is 0 Å². The van der Waals surface area contributed by atoms with Gasteiger partial charge in [0.25, 0.3) is 0 Å². The van der Waals surface area contributed by atoms with E-state index in [1.54, 1.807) is 0 Å². The summed E-state index contributed by atoms with van der Waals surface area (Å²) in [5.41, 5.74) is 10.4. The van der Waals surface area contributed by atoms with Crippen LogP contribution < -0.4 is 0 Å². The third kappa shape index (κ3) is 7.16. The van der Waals surface area contributed by atoms with Gasteiger partial charge < -0.3 is 9.67 Å². The molecule has 0 aliphatic carbocycles. The minimum Gasteiger partial charge on any atom is -0.507 e. The van der Waals surface area contributed by atoms with Crippen molar-refractivity contribution < 1.29 is 26.2 Å². The van der Waals surface area contributed by atoms with E-state index in [0.717, 1.165) is 40.1 Å². The Labute approximate surface area is 303 Å². The van der Waals surface area contributed by atoms with Crippen molar-refractivity contribution in [3.05, 3.63) is 167 Å².